The molecule has 2 aromatic rings. The molecule has 0 radical (unpaired) electrons. The van der Waals surface area contributed by atoms with Gasteiger partial charge in [0.05, 0.1) is 0 Å². The second-order valence-corrected chi connectivity index (χ2v) is 6.09. The first-order chi connectivity index (χ1) is 11.8. The number of carbonyl (C=O) groups excluding carboxylic acids is 2. The Labute approximate surface area is 151 Å². The minimum absolute atomic E-state index is 0.288. The molecule has 132 valence electrons. The molecule has 0 bridgehead atoms. The first-order valence-electron chi connectivity index (χ1n) is 7.81. The van der Waals surface area contributed by atoms with Crippen LogP contribution in [-0.2, 0) is 14.3 Å². The number of rotatable bonds is 6. The van der Waals surface area contributed by atoms with E-state index in [1.54, 1.807) is 30.3 Å². The Morgan fingerprint density at radius 1 is 1.12 bits per heavy atom. The van der Waals surface area contributed by atoms with E-state index in [-0.39, 0.29) is 6.61 Å². The molecule has 2 rings (SSSR count). The number of ether oxygens (including phenoxy) is 2. The molecule has 0 fully saturated rings. The first kappa shape index (κ1) is 18.8. The largest absolute Gasteiger partial charge is 0.482 e. The van der Waals surface area contributed by atoms with Gasteiger partial charge in [0.1, 0.15) is 5.75 Å². The Balaban J connectivity index is 1.81. The van der Waals surface area contributed by atoms with Crippen molar-refractivity contribution in [3.63, 3.8) is 0 Å². The van der Waals surface area contributed by atoms with Crippen LogP contribution in [0.15, 0.2) is 42.5 Å². The highest BCUT2D eigenvalue weighted by atomic mass is 35.5. The summed E-state index contributed by atoms with van der Waals surface area (Å²) in [6, 6.07) is 12.4. The van der Waals surface area contributed by atoms with Gasteiger partial charge in [-0.3, -0.25) is 4.79 Å². The Bertz CT molecular complexity index is 759. The molecule has 0 aliphatic carbocycles. The van der Waals surface area contributed by atoms with Crippen LogP contribution in [-0.4, -0.2) is 24.6 Å². The number of hydrogen-bond donors (Lipinski definition) is 1. The van der Waals surface area contributed by atoms with Crippen LogP contribution in [0.3, 0.4) is 0 Å². The number of aryl methyl sites for hydroxylation is 2. The van der Waals surface area contributed by atoms with Gasteiger partial charge in [0.2, 0.25) is 0 Å². The smallest absolute Gasteiger partial charge is 0.344 e. The van der Waals surface area contributed by atoms with E-state index in [2.05, 4.69) is 5.32 Å². The van der Waals surface area contributed by atoms with Crippen molar-refractivity contribution >= 4 is 29.2 Å². The minimum atomic E-state index is -0.927. The highest BCUT2D eigenvalue weighted by Crippen LogP contribution is 2.21. The van der Waals surface area contributed by atoms with Gasteiger partial charge < -0.3 is 14.8 Å². The molecule has 0 aliphatic heterocycles. The zero-order chi connectivity index (χ0) is 18.4. The summed E-state index contributed by atoms with van der Waals surface area (Å²) in [5, 5.41) is 3.31. The fourth-order valence-corrected chi connectivity index (χ4v) is 2.13. The number of benzene rings is 2. The summed E-state index contributed by atoms with van der Waals surface area (Å²) in [6.07, 6.45) is -0.927. The zero-order valence-electron chi connectivity index (χ0n) is 14.3. The van der Waals surface area contributed by atoms with Crippen molar-refractivity contribution in [3.05, 3.63) is 58.6 Å². The summed E-state index contributed by atoms with van der Waals surface area (Å²) >= 11 is 5.93. The van der Waals surface area contributed by atoms with Gasteiger partial charge in [-0.15, -0.1) is 0 Å². The monoisotopic (exact) mass is 361 g/mol. The van der Waals surface area contributed by atoms with Crippen molar-refractivity contribution in [2.75, 3.05) is 11.9 Å². The predicted molar refractivity (Wildman–Crippen MR) is 97.0 cm³/mol. The van der Waals surface area contributed by atoms with Crippen molar-refractivity contribution in [3.8, 4) is 5.75 Å². The molecule has 1 atom stereocenters. The lowest BCUT2D eigenvalue weighted by molar-refractivity contribution is -0.155. The fraction of sp³-hybridized carbons (Fsp3) is 0.263. The quantitative estimate of drug-likeness (QED) is 0.792. The number of nitrogens with one attached hydrogen (secondary N) is 1. The van der Waals surface area contributed by atoms with Gasteiger partial charge in [0.15, 0.2) is 12.7 Å². The molecule has 0 unspecified atom stereocenters. The highest BCUT2D eigenvalue weighted by Gasteiger charge is 2.18. The molecular formula is C19H20ClNO4. The third-order valence-electron chi connectivity index (χ3n) is 3.48. The summed E-state index contributed by atoms with van der Waals surface area (Å²) < 4.78 is 10.4. The number of carbonyl (C=O) groups is 2. The van der Waals surface area contributed by atoms with Gasteiger partial charge in [-0.2, -0.15) is 0 Å². The van der Waals surface area contributed by atoms with Crippen LogP contribution in [0.25, 0.3) is 0 Å². The maximum absolute atomic E-state index is 12.0. The second-order valence-electron chi connectivity index (χ2n) is 5.69. The molecule has 0 saturated heterocycles. The van der Waals surface area contributed by atoms with E-state index in [9.17, 15) is 9.59 Å². The molecule has 0 aliphatic rings. The molecule has 0 saturated carbocycles. The van der Waals surface area contributed by atoms with E-state index < -0.39 is 18.0 Å². The van der Waals surface area contributed by atoms with E-state index in [1.807, 2.05) is 26.0 Å². The van der Waals surface area contributed by atoms with Crippen LogP contribution in [0.5, 0.6) is 5.75 Å². The third kappa shape index (κ3) is 5.80. The van der Waals surface area contributed by atoms with Crippen LogP contribution in [0, 0.1) is 13.8 Å². The lowest BCUT2D eigenvalue weighted by atomic mass is 10.2. The summed E-state index contributed by atoms with van der Waals surface area (Å²) in [5.41, 5.74) is 2.58. The SMILES string of the molecule is Cc1ccc(NC(=O)[C@@H](C)OC(=O)COc2ccc(Cl)c(C)c2)cc1. The van der Waals surface area contributed by atoms with Crippen LogP contribution in [0.1, 0.15) is 18.1 Å². The standard InChI is InChI=1S/C19H20ClNO4/c1-12-4-6-15(7-5-12)21-19(23)14(3)25-18(22)11-24-16-8-9-17(20)13(2)10-16/h4-10,14H,11H2,1-3H3,(H,21,23)/t14-/m1/s1. The maximum Gasteiger partial charge on any atom is 0.344 e. The average molecular weight is 362 g/mol. The Hall–Kier alpha value is -2.53. The summed E-state index contributed by atoms with van der Waals surface area (Å²) in [6.45, 7) is 5.01. The number of esters is 1. The Kier molecular flexibility index (Phi) is 6.42. The van der Waals surface area contributed by atoms with Gasteiger partial charge >= 0.3 is 5.97 Å². The van der Waals surface area contributed by atoms with E-state index in [0.717, 1.165) is 11.1 Å². The van der Waals surface area contributed by atoms with Crippen molar-refractivity contribution < 1.29 is 19.1 Å². The number of amides is 1. The third-order valence-corrected chi connectivity index (χ3v) is 3.91. The van der Waals surface area contributed by atoms with Crippen LogP contribution < -0.4 is 10.1 Å². The van der Waals surface area contributed by atoms with Crippen molar-refractivity contribution in [1.82, 2.24) is 0 Å². The molecule has 5 nitrogen and oxygen atoms in total. The van der Waals surface area contributed by atoms with Crippen LogP contribution >= 0.6 is 11.6 Å². The number of hydrogen-bond acceptors (Lipinski definition) is 4. The van der Waals surface area contributed by atoms with Crippen LogP contribution in [0.2, 0.25) is 5.02 Å². The minimum Gasteiger partial charge on any atom is -0.482 e. The van der Waals surface area contributed by atoms with E-state index >= 15 is 0 Å². The summed E-state index contributed by atoms with van der Waals surface area (Å²) in [4.78, 5) is 23.9. The van der Waals surface area contributed by atoms with Gasteiger partial charge in [-0.25, -0.2) is 4.79 Å². The van der Waals surface area contributed by atoms with E-state index in [1.165, 1.54) is 6.92 Å². The average Bonchev–Trinajstić information content (AvgIpc) is 2.58. The van der Waals surface area contributed by atoms with Gasteiger partial charge in [-0.1, -0.05) is 29.3 Å². The number of halogens is 1. The molecule has 1 N–H and O–H groups in total. The topological polar surface area (TPSA) is 64.6 Å². The molecule has 0 heterocycles. The van der Waals surface area contributed by atoms with Crippen molar-refractivity contribution in [2.24, 2.45) is 0 Å². The Morgan fingerprint density at radius 3 is 2.44 bits per heavy atom. The lowest BCUT2D eigenvalue weighted by Crippen LogP contribution is -2.31. The van der Waals surface area contributed by atoms with Gasteiger partial charge in [-0.05, 0) is 56.7 Å². The van der Waals surface area contributed by atoms with Crippen molar-refractivity contribution in [1.29, 1.82) is 0 Å². The molecular weight excluding hydrogens is 342 g/mol. The normalized spacial score (nSPS) is 11.5. The molecule has 6 heteroatoms. The molecule has 1 amide bonds. The summed E-state index contributed by atoms with van der Waals surface area (Å²) in [5.74, 6) is -0.519. The second kappa shape index (κ2) is 8.53. The van der Waals surface area contributed by atoms with Gasteiger partial charge in [0.25, 0.3) is 5.91 Å². The van der Waals surface area contributed by atoms with Crippen molar-refractivity contribution in [2.45, 2.75) is 26.9 Å². The van der Waals surface area contributed by atoms with E-state index in [0.29, 0.717) is 16.5 Å². The molecule has 0 aromatic heterocycles. The predicted octanol–water partition coefficient (Wildman–Crippen LogP) is 3.91. The fourth-order valence-electron chi connectivity index (χ4n) is 2.01. The van der Waals surface area contributed by atoms with Gasteiger partial charge in [0, 0.05) is 10.7 Å². The van der Waals surface area contributed by atoms with Crippen LogP contribution in [0.4, 0.5) is 5.69 Å². The number of anilines is 1. The Morgan fingerprint density at radius 2 is 1.80 bits per heavy atom. The summed E-state index contributed by atoms with van der Waals surface area (Å²) in [7, 11) is 0. The highest BCUT2D eigenvalue weighted by molar-refractivity contribution is 6.31. The zero-order valence-corrected chi connectivity index (χ0v) is 15.1. The molecule has 2 aromatic carbocycles. The maximum atomic E-state index is 12.0. The molecule has 0 spiro atoms. The molecule has 25 heavy (non-hydrogen) atoms. The van der Waals surface area contributed by atoms with E-state index in [4.69, 9.17) is 21.1 Å². The first-order valence-corrected chi connectivity index (χ1v) is 8.19. The lowest BCUT2D eigenvalue weighted by Gasteiger charge is -2.14.